The summed E-state index contributed by atoms with van der Waals surface area (Å²) in [5.74, 6) is 1.77. The number of hydrogen-bond acceptors (Lipinski definition) is 6. The molecule has 0 saturated heterocycles. The number of thioether (sulfide) groups is 1. The fourth-order valence-electron chi connectivity index (χ4n) is 2.20. The number of nitrogens with zero attached hydrogens (tertiary/aromatic N) is 3. The molecule has 26 heavy (non-hydrogen) atoms. The van der Waals surface area contributed by atoms with E-state index in [1.165, 1.54) is 23.9 Å². The van der Waals surface area contributed by atoms with Gasteiger partial charge in [0.05, 0.1) is 10.6 Å². The average molecular weight is 384 g/mol. The van der Waals surface area contributed by atoms with E-state index in [9.17, 15) is 4.39 Å². The average Bonchev–Trinajstić information content (AvgIpc) is 3.40. The van der Waals surface area contributed by atoms with E-state index in [1.54, 1.807) is 29.5 Å². The van der Waals surface area contributed by atoms with Crippen molar-refractivity contribution in [3.63, 3.8) is 0 Å². The molecule has 0 bridgehead atoms. The normalized spacial score (nSPS) is 11.4. The van der Waals surface area contributed by atoms with Crippen LogP contribution in [0.15, 0.2) is 57.5 Å². The summed E-state index contributed by atoms with van der Waals surface area (Å²) >= 11 is 3.09. The van der Waals surface area contributed by atoms with Gasteiger partial charge in [-0.15, -0.1) is 16.4 Å². The summed E-state index contributed by atoms with van der Waals surface area (Å²) in [6.45, 7) is 0. The number of benzene rings is 1. The van der Waals surface area contributed by atoms with E-state index in [-0.39, 0.29) is 5.82 Å². The molecule has 0 fully saturated rings. The number of aromatic nitrogens is 4. The summed E-state index contributed by atoms with van der Waals surface area (Å²) in [6.07, 6.45) is 3.65. The van der Waals surface area contributed by atoms with Crippen molar-refractivity contribution in [1.82, 2.24) is 20.3 Å². The van der Waals surface area contributed by atoms with Crippen molar-refractivity contribution < 1.29 is 8.91 Å². The van der Waals surface area contributed by atoms with Gasteiger partial charge in [0, 0.05) is 11.8 Å². The molecule has 0 atom stereocenters. The molecule has 0 aliphatic carbocycles. The molecule has 0 spiro atoms. The minimum absolute atomic E-state index is 0.254. The van der Waals surface area contributed by atoms with Crippen LogP contribution < -0.4 is 0 Å². The number of aromatic amines is 1. The van der Waals surface area contributed by atoms with Gasteiger partial charge in [-0.3, -0.25) is 5.10 Å². The van der Waals surface area contributed by atoms with E-state index in [0.717, 1.165) is 21.9 Å². The molecule has 0 aliphatic rings. The maximum Gasteiger partial charge on any atom is 0.209 e. The lowest BCUT2D eigenvalue weighted by atomic mass is 10.2. The van der Waals surface area contributed by atoms with E-state index < -0.39 is 0 Å². The highest BCUT2D eigenvalue weighted by Crippen LogP contribution is 2.27. The molecular weight excluding hydrogens is 371 g/mol. The molecule has 130 valence electrons. The molecule has 5 nitrogen and oxygen atoms in total. The topological polar surface area (TPSA) is 67.6 Å². The zero-order valence-electron chi connectivity index (χ0n) is 13.4. The lowest BCUT2D eigenvalue weighted by molar-refractivity contribution is 0.427. The highest BCUT2D eigenvalue weighted by Gasteiger charge is 2.09. The number of hydrogen-bond donors (Lipinski definition) is 1. The van der Waals surface area contributed by atoms with E-state index >= 15 is 0 Å². The minimum Gasteiger partial charge on any atom is -0.355 e. The largest absolute Gasteiger partial charge is 0.355 e. The summed E-state index contributed by atoms with van der Waals surface area (Å²) in [6, 6.07) is 12.2. The Morgan fingerprint density at radius 3 is 2.88 bits per heavy atom. The number of rotatable bonds is 6. The first-order valence-corrected chi connectivity index (χ1v) is 9.61. The van der Waals surface area contributed by atoms with Crippen molar-refractivity contribution in [2.75, 3.05) is 0 Å². The van der Waals surface area contributed by atoms with Gasteiger partial charge in [0.1, 0.15) is 11.6 Å². The van der Waals surface area contributed by atoms with Crippen molar-refractivity contribution in [2.24, 2.45) is 0 Å². The quantitative estimate of drug-likeness (QED) is 0.467. The standard InChI is InChI=1S/C18H13FN4OS2/c19-13-6-3-12(4-7-13)5-8-17-20-18(22-21-17)26-11-14-10-15(24-23-14)16-2-1-9-25-16/h1-10H,11H2,(H,20,21,22)/b8-5+. The summed E-state index contributed by atoms with van der Waals surface area (Å²) in [7, 11) is 0. The molecule has 4 rings (SSSR count). The highest BCUT2D eigenvalue weighted by atomic mass is 32.2. The van der Waals surface area contributed by atoms with Crippen LogP contribution in [0.2, 0.25) is 0 Å². The van der Waals surface area contributed by atoms with Crippen LogP contribution in [0.25, 0.3) is 22.8 Å². The van der Waals surface area contributed by atoms with Gasteiger partial charge in [-0.2, -0.15) is 0 Å². The van der Waals surface area contributed by atoms with Crippen LogP contribution in [0, 0.1) is 5.82 Å². The number of nitrogens with one attached hydrogen (secondary N) is 1. The molecule has 4 aromatic rings. The van der Waals surface area contributed by atoms with Crippen LogP contribution in [-0.2, 0) is 5.75 Å². The first-order valence-electron chi connectivity index (χ1n) is 7.74. The van der Waals surface area contributed by atoms with E-state index in [2.05, 4.69) is 20.3 Å². The molecule has 3 heterocycles. The van der Waals surface area contributed by atoms with E-state index in [4.69, 9.17) is 4.52 Å². The van der Waals surface area contributed by atoms with E-state index in [1.807, 2.05) is 29.7 Å². The second-order valence-electron chi connectivity index (χ2n) is 5.34. The molecule has 3 aromatic heterocycles. The van der Waals surface area contributed by atoms with Gasteiger partial charge in [0.2, 0.25) is 5.16 Å². The number of thiophene rings is 1. The zero-order chi connectivity index (χ0) is 17.8. The van der Waals surface area contributed by atoms with Gasteiger partial charge >= 0.3 is 0 Å². The van der Waals surface area contributed by atoms with Crippen LogP contribution in [0.5, 0.6) is 0 Å². The zero-order valence-corrected chi connectivity index (χ0v) is 15.1. The van der Waals surface area contributed by atoms with Crippen molar-refractivity contribution in [2.45, 2.75) is 10.9 Å². The second kappa shape index (κ2) is 7.67. The molecule has 1 aromatic carbocycles. The number of H-pyrrole nitrogens is 1. The predicted octanol–water partition coefficient (Wildman–Crippen LogP) is 5.12. The Hall–Kier alpha value is -2.71. The summed E-state index contributed by atoms with van der Waals surface area (Å²) in [4.78, 5) is 5.45. The molecule has 0 amide bonds. The molecule has 0 saturated carbocycles. The number of halogens is 1. The SMILES string of the molecule is Fc1ccc(/C=C/c2nc(SCc3cc(-c4cccs4)on3)n[nH]2)cc1. The Kier molecular flexibility index (Phi) is 4.94. The van der Waals surface area contributed by atoms with Crippen molar-refractivity contribution in [3.8, 4) is 10.6 Å². The molecule has 1 N–H and O–H groups in total. The highest BCUT2D eigenvalue weighted by molar-refractivity contribution is 7.98. The molecule has 0 unspecified atom stereocenters. The Bertz CT molecular complexity index is 1010. The molecule has 0 radical (unpaired) electrons. The first kappa shape index (κ1) is 16.7. The first-order chi connectivity index (χ1) is 12.8. The van der Waals surface area contributed by atoms with Crippen LogP contribution in [0.1, 0.15) is 17.1 Å². The third-order valence-corrected chi connectivity index (χ3v) is 5.22. The predicted molar refractivity (Wildman–Crippen MR) is 101 cm³/mol. The fourth-order valence-corrected chi connectivity index (χ4v) is 3.56. The van der Waals surface area contributed by atoms with Crippen molar-refractivity contribution >= 4 is 35.3 Å². The molecule has 0 aliphatic heterocycles. The second-order valence-corrected chi connectivity index (χ2v) is 7.23. The van der Waals surface area contributed by atoms with Gasteiger partial charge in [-0.05, 0) is 35.2 Å². The van der Waals surface area contributed by atoms with Gasteiger partial charge in [-0.1, -0.05) is 41.2 Å². The Labute approximate surface area is 157 Å². The molecule has 8 heteroatoms. The Morgan fingerprint density at radius 1 is 1.19 bits per heavy atom. The Morgan fingerprint density at radius 2 is 2.08 bits per heavy atom. The molecular formula is C18H13FN4OS2. The maximum absolute atomic E-state index is 12.9. The monoisotopic (exact) mass is 384 g/mol. The van der Waals surface area contributed by atoms with Crippen molar-refractivity contribution in [3.05, 3.63) is 70.7 Å². The van der Waals surface area contributed by atoms with Crippen LogP contribution in [0.3, 0.4) is 0 Å². The van der Waals surface area contributed by atoms with Gasteiger partial charge in [0.25, 0.3) is 0 Å². The summed E-state index contributed by atoms with van der Waals surface area (Å²) in [5.41, 5.74) is 1.73. The van der Waals surface area contributed by atoms with Gasteiger partial charge in [0.15, 0.2) is 5.76 Å². The summed E-state index contributed by atoms with van der Waals surface area (Å²) < 4.78 is 18.3. The van der Waals surface area contributed by atoms with Crippen molar-refractivity contribution in [1.29, 1.82) is 0 Å². The smallest absolute Gasteiger partial charge is 0.209 e. The third kappa shape index (κ3) is 4.09. The maximum atomic E-state index is 12.9. The van der Waals surface area contributed by atoms with Gasteiger partial charge < -0.3 is 4.52 Å². The third-order valence-electron chi connectivity index (χ3n) is 3.46. The van der Waals surface area contributed by atoms with Crippen LogP contribution >= 0.6 is 23.1 Å². The van der Waals surface area contributed by atoms with Gasteiger partial charge in [-0.25, -0.2) is 9.37 Å². The minimum atomic E-state index is -0.254. The van der Waals surface area contributed by atoms with Crippen LogP contribution in [0.4, 0.5) is 4.39 Å². The van der Waals surface area contributed by atoms with Crippen LogP contribution in [-0.4, -0.2) is 20.3 Å². The lowest BCUT2D eigenvalue weighted by Gasteiger charge is -1.91. The van der Waals surface area contributed by atoms with E-state index in [0.29, 0.717) is 16.7 Å². The lowest BCUT2D eigenvalue weighted by Crippen LogP contribution is -1.81. The summed E-state index contributed by atoms with van der Waals surface area (Å²) in [5, 5.41) is 13.7. The fraction of sp³-hybridized carbons (Fsp3) is 0.0556. The Balaban J connectivity index is 1.36.